The monoisotopic (exact) mass is 383 g/mol. The number of nitrogens with zero attached hydrogens (tertiary/aromatic N) is 2. The Morgan fingerprint density at radius 1 is 1.26 bits per heavy atom. The molecule has 0 atom stereocenters. The van der Waals surface area contributed by atoms with E-state index in [0.29, 0.717) is 11.7 Å². The minimum atomic E-state index is 0. The lowest BCUT2D eigenvalue weighted by atomic mass is 10.4. The Hall–Kier alpha value is -0.180. The van der Waals surface area contributed by atoms with E-state index >= 15 is 0 Å². The molecule has 0 fully saturated rings. The van der Waals surface area contributed by atoms with Gasteiger partial charge in [-0.25, -0.2) is 4.98 Å². The molecule has 0 saturated carbocycles. The Balaban J connectivity index is 0.00000180. The van der Waals surface area contributed by atoms with Gasteiger partial charge in [0.2, 0.25) is 0 Å². The molecule has 19 heavy (non-hydrogen) atoms. The normalized spacial score (nSPS) is 10.7. The molecule has 0 aliphatic heterocycles. The first kappa shape index (κ1) is 16.9. The predicted molar refractivity (Wildman–Crippen MR) is 87.0 cm³/mol. The summed E-state index contributed by atoms with van der Waals surface area (Å²) < 4.78 is 1.13. The summed E-state index contributed by atoms with van der Waals surface area (Å²) in [6, 6.07) is 4.14. The van der Waals surface area contributed by atoms with E-state index in [1.165, 1.54) is 16.2 Å². The van der Waals surface area contributed by atoms with Crippen LogP contribution >= 0.6 is 51.0 Å². The van der Waals surface area contributed by atoms with Crippen LogP contribution < -0.4 is 5.73 Å². The molecule has 0 aliphatic carbocycles. The molecule has 2 aromatic rings. The summed E-state index contributed by atoms with van der Waals surface area (Å²) in [6.45, 7) is 2.40. The number of aromatic nitrogens is 1. The van der Waals surface area contributed by atoms with Crippen molar-refractivity contribution in [2.75, 3.05) is 18.9 Å². The first-order chi connectivity index (χ1) is 8.67. The summed E-state index contributed by atoms with van der Waals surface area (Å²) in [5.74, 6) is 0. The first-order valence-electron chi connectivity index (χ1n) is 5.45. The Kier molecular flexibility index (Phi) is 7.27. The number of thiazole rings is 1. The Morgan fingerprint density at radius 3 is 2.53 bits per heavy atom. The van der Waals surface area contributed by atoms with Gasteiger partial charge in [0, 0.05) is 35.6 Å². The van der Waals surface area contributed by atoms with Crippen molar-refractivity contribution in [3.63, 3.8) is 0 Å². The fraction of sp³-hybridized carbons (Fsp3) is 0.364. The van der Waals surface area contributed by atoms with Crippen LogP contribution in [0, 0.1) is 0 Å². The van der Waals surface area contributed by atoms with Gasteiger partial charge < -0.3 is 10.8 Å². The third-order valence-electron chi connectivity index (χ3n) is 2.38. The number of nitrogen functional groups attached to an aromatic ring is 1. The van der Waals surface area contributed by atoms with Gasteiger partial charge in [-0.3, -0.25) is 4.90 Å². The number of hydrogen-bond acceptors (Lipinski definition) is 6. The van der Waals surface area contributed by atoms with Crippen molar-refractivity contribution < 1.29 is 5.11 Å². The van der Waals surface area contributed by atoms with Crippen molar-refractivity contribution in [2.45, 2.75) is 13.1 Å². The van der Waals surface area contributed by atoms with Crippen molar-refractivity contribution in [1.82, 2.24) is 9.88 Å². The van der Waals surface area contributed by atoms with Gasteiger partial charge in [-0.2, -0.15) is 0 Å². The van der Waals surface area contributed by atoms with Crippen molar-refractivity contribution >= 4 is 56.1 Å². The third-order valence-corrected chi connectivity index (χ3v) is 4.80. The predicted octanol–water partition coefficient (Wildman–Crippen LogP) is 2.97. The summed E-state index contributed by atoms with van der Waals surface area (Å²) in [7, 11) is 0. The van der Waals surface area contributed by atoms with Crippen molar-refractivity contribution in [2.24, 2.45) is 0 Å². The van der Waals surface area contributed by atoms with E-state index in [4.69, 9.17) is 10.8 Å². The van der Waals surface area contributed by atoms with Crippen molar-refractivity contribution in [3.8, 4) is 0 Å². The molecular weight excluding hydrogens is 370 g/mol. The average molecular weight is 385 g/mol. The van der Waals surface area contributed by atoms with Crippen LogP contribution in [0.15, 0.2) is 22.1 Å². The number of aliphatic hydroxyl groups is 1. The van der Waals surface area contributed by atoms with Crippen LogP contribution in [0.25, 0.3) is 0 Å². The smallest absolute Gasteiger partial charge is 0.180 e. The fourth-order valence-corrected chi connectivity index (χ4v) is 3.88. The molecule has 0 spiro atoms. The molecule has 106 valence electrons. The van der Waals surface area contributed by atoms with Crippen LogP contribution in [0.2, 0.25) is 0 Å². The second-order valence-electron chi connectivity index (χ2n) is 3.80. The van der Waals surface area contributed by atoms with Crippen LogP contribution in [-0.4, -0.2) is 28.1 Å². The summed E-state index contributed by atoms with van der Waals surface area (Å²) in [5, 5.41) is 9.71. The van der Waals surface area contributed by atoms with Gasteiger partial charge in [-0.05, 0) is 28.1 Å². The van der Waals surface area contributed by atoms with Gasteiger partial charge >= 0.3 is 0 Å². The van der Waals surface area contributed by atoms with Crippen molar-refractivity contribution in [3.05, 3.63) is 31.9 Å². The van der Waals surface area contributed by atoms with Crippen molar-refractivity contribution in [1.29, 1.82) is 0 Å². The number of nitrogens with two attached hydrogens (primary N) is 1. The molecule has 2 aromatic heterocycles. The minimum absolute atomic E-state index is 0. The standard InChI is InChI=1S/C11H14BrN3OS2.ClH/c12-10-2-1-8(17-10)6-15(3-4-16)7-9-5-14-11(13)18-9;/h1-2,5,16H,3-4,6-7H2,(H2,13,14);1H. The summed E-state index contributed by atoms with van der Waals surface area (Å²) in [4.78, 5) is 8.62. The van der Waals surface area contributed by atoms with Crippen LogP contribution in [0.4, 0.5) is 5.13 Å². The molecule has 0 aliphatic rings. The fourth-order valence-electron chi connectivity index (χ4n) is 1.63. The molecule has 0 amide bonds. The lowest BCUT2D eigenvalue weighted by Gasteiger charge is -2.19. The number of rotatable bonds is 6. The average Bonchev–Trinajstić information content (AvgIpc) is 2.89. The highest BCUT2D eigenvalue weighted by molar-refractivity contribution is 9.11. The number of anilines is 1. The molecule has 0 radical (unpaired) electrons. The van der Waals surface area contributed by atoms with E-state index in [0.717, 1.165) is 21.8 Å². The first-order valence-corrected chi connectivity index (χ1v) is 7.87. The maximum absolute atomic E-state index is 9.12. The Bertz CT molecular complexity index is 463. The molecule has 8 heteroatoms. The van der Waals surface area contributed by atoms with Crippen LogP contribution in [0.3, 0.4) is 0 Å². The maximum atomic E-state index is 9.12. The zero-order chi connectivity index (χ0) is 13.0. The van der Waals surface area contributed by atoms with Gasteiger partial charge in [-0.15, -0.1) is 35.1 Å². The largest absolute Gasteiger partial charge is 0.395 e. The molecule has 4 nitrogen and oxygen atoms in total. The topological polar surface area (TPSA) is 62.4 Å². The van der Waals surface area contributed by atoms with E-state index < -0.39 is 0 Å². The van der Waals surface area contributed by atoms with Gasteiger partial charge in [0.05, 0.1) is 10.4 Å². The molecule has 2 heterocycles. The second kappa shape index (κ2) is 8.18. The quantitative estimate of drug-likeness (QED) is 0.804. The van der Waals surface area contributed by atoms with Gasteiger partial charge in [0.25, 0.3) is 0 Å². The van der Waals surface area contributed by atoms with Gasteiger partial charge in [0.15, 0.2) is 5.13 Å². The number of hydrogen-bond donors (Lipinski definition) is 2. The third kappa shape index (κ3) is 5.37. The summed E-state index contributed by atoms with van der Waals surface area (Å²) in [5.41, 5.74) is 5.62. The molecular formula is C11H15BrClN3OS2. The minimum Gasteiger partial charge on any atom is -0.395 e. The van der Waals surface area contributed by atoms with Crippen LogP contribution in [-0.2, 0) is 13.1 Å². The Morgan fingerprint density at radius 2 is 2.00 bits per heavy atom. The van der Waals surface area contributed by atoms with Crippen LogP contribution in [0.5, 0.6) is 0 Å². The highest BCUT2D eigenvalue weighted by atomic mass is 79.9. The zero-order valence-corrected chi connectivity index (χ0v) is 14.1. The molecule has 3 N–H and O–H groups in total. The van der Waals surface area contributed by atoms with E-state index in [1.807, 2.05) is 6.07 Å². The SMILES string of the molecule is Cl.Nc1ncc(CN(CCO)Cc2ccc(Br)s2)s1. The lowest BCUT2D eigenvalue weighted by Crippen LogP contribution is -2.25. The van der Waals surface area contributed by atoms with Gasteiger partial charge in [-0.1, -0.05) is 0 Å². The van der Waals surface area contributed by atoms with E-state index in [-0.39, 0.29) is 19.0 Å². The number of thiophene rings is 1. The molecule has 2 rings (SSSR count). The highest BCUT2D eigenvalue weighted by Gasteiger charge is 2.10. The lowest BCUT2D eigenvalue weighted by molar-refractivity contribution is 0.186. The maximum Gasteiger partial charge on any atom is 0.180 e. The summed E-state index contributed by atoms with van der Waals surface area (Å²) in [6.07, 6.45) is 1.80. The van der Waals surface area contributed by atoms with E-state index in [1.54, 1.807) is 17.5 Å². The number of aliphatic hydroxyl groups excluding tert-OH is 1. The molecule has 0 saturated heterocycles. The van der Waals surface area contributed by atoms with Crippen LogP contribution in [0.1, 0.15) is 9.75 Å². The second-order valence-corrected chi connectivity index (χ2v) is 7.50. The zero-order valence-electron chi connectivity index (χ0n) is 10.1. The molecule has 0 bridgehead atoms. The van der Waals surface area contributed by atoms with Gasteiger partial charge in [0.1, 0.15) is 0 Å². The van der Waals surface area contributed by atoms with E-state index in [2.05, 4.69) is 31.9 Å². The summed E-state index contributed by atoms with van der Waals surface area (Å²) >= 11 is 6.67. The molecule has 0 unspecified atom stereocenters. The highest BCUT2D eigenvalue weighted by Crippen LogP contribution is 2.24. The molecule has 0 aromatic carbocycles. The number of halogens is 2. The Labute approximate surface area is 134 Å². The van der Waals surface area contributed by atoms with E-state index in [9.17, 15) is 0 Å².